The van der Waals surface area contributed by atoms with Crippen LogP contribution in [0.2, 0.25) is 0 Å². The van der Waals surface area contributed by atoms with Gasteiger partial charge in [-0.2, -0.15) is 0 Å². The summed E-state index contributed by atoms with van der Waals surface area (Å²) in [5.41, 5.74) is 0.860. The molecule has 1 aliphatic rings. The first-order valence-corrected chi connectivity index (χ1v) is 4.14. The fourth-order valence-corrected chi connectivity index (χ4v) is 1.47. The van der Waals surface area contributed by atoms with Crippen LogP contribution in [0.1, 0.15) is 18.0 Å². The SMILES string of the molecule is O=C1CC(=O)[C@H](c2ccccc2)N1. The molecule has 1 aliphatic heterocycles. The first kappa shape index (κ1) is 7.98. The second kappa shape index (κ2) is 3.01. The topological polar surface area (TPSA) is 46.2 Å². The van der Waals surface area contributed by atoms with Crippen LogP contribution in [0.3, 0.4) is 0 Å². The van der Waals surface area contributed by atoms with Crippen molar-refractivity contribution in [1.82, 2.24) is 5.32 Å². The van der Waals surface area contributed by atoms with E-state index < -0.39 is 6.04 Å². The van der Waals surface area contributed by atoms with Gasteiger partial charge in [-0.25, -0.2) is 0 Å². The number of benzene rings is 1. The predicted octanol–water partition coefficient (Wildman–Crippen LogP) is 0.817. The summed E-state index contributed by atoms with van der Waals surface area (Å²) >= 11 is 0. The normalized spacial score (nSPS) is 21.7. The van der Waals surface area contributed by atoms with Gasteiger partial charge < -0.3 is 5.32 Å². The molecule has 0 aromatic heterocycles. The molecule has 3 heteroatoms. The van der Waals surface area contributed by atoms with E-state index in [4.69, 9.17) is 0 Å². The van der Waals surface area contributed by atoms with Crippen molar-refractivity contribution in [2.75, 3.05) is 0 Å². The van der Waals surface area contributed by atoms with Crippen LogP contribution in [0.4, 0.5) is 0 Å². The van der Waals surface area contributed by atoms with Gasteiger partial charge >= 0.3 is 0 Å². The second-order valence-corrected chi connectivity index (χ2v) is 3.05. The van der Waals surface area contributed by atoms with Crippen LogP contribution in [0.5, 0.6) is 0 Å². The third-order valence-corrected chi connectivity index (χ3v) is 2.09. The Labute approximate surface area is 75.8 Å². The van der Waals surface area contributed by atoms with E-state index in [1.165, 1.54) is 0 Å². The summed E-state index contributed by atoms with van der Waals surface area (Å²) in [4.78, 5) is 22.2. The van der Waals surface area contributed by atoms with Gasteiger partial charge in [0.25, 0.3) is 0 Å². The van der Waals surface area contributed by atoms with Gasteiger partial charge in [0.1, 0.15) is 6.04 Å². The highest BCUT2D eigenvalue weighted by Gasteiger charge is 2.30. The minimum atomic E-state index is -0.423. The van der Waals surface area contributed by atoms with Crippen molar-refractivity contribution >= 4 is 11.7 Å². The molecule has 0 unspecified atom stereocenters. The quantitative estimate of drug-likeness (QED) is 0.642. The Balaban J connectivity index is 2.28. The Morgan fingerprint density at radius 1 is 1.15 bits per heavy atom. The summed E-state index contributed by atoms with van der Waals surface area (Å²) in [6, 6.07) is 8.85. The number of rotatable bonds is 1. The Morgan fingerprint density at radius 3 is 2.38 bits per heavy atom. The summed E-state index contributed by atoms with van der Waals surface area (Å²) in [5, 5.41) is 2.63. The Bertz CT molecular complexity index is 345. The van der Waals surface area contributed by atoms with E-state index in [0.717, 1.165) is 5.56 Å². The van der Waals surface area contributed by atoms with Crippen LogP contribution in [-0.4, -0.2) is 11.7 Å². The average molecular weight is 175 g/mol. The maximum Gasteiger partial charge on any atom is 0.228 e. The number of hydrogen-bond acceptors (Lipinski definition) is 2. The van der Waals surface area contributed by atoms with Gasteiger partial charge in [-0.05, 0) is 5.56 Å². The Hall–Kier alpha value is -1.64. The molecule has 1 amide bonds. The summed E-state index contributed by atoms with van der Waals surface area (Å²) in [6.45, 7) is 0. The van der Waals surface area contributed by atoms with E-state index in [-0.39, 0.29) is 18.1 Å². The molecule has 1 aromatic carbocycles. The molecule has 0 aliphatic carbocycles. The third-order valence-electron chi connectivity index (χ3n) is 2.09. The summed E-state index contributed by atoms with van der Waals surface area (Å²) in [5.74, 6) is -0.227. The molecule has 13 heavy (non-hydrogen) atoms. The number of carbonyl (C=O) groups is 2. The third kappa shape index (κ3) is 1.45. The van der Waals surface area contributed by atoms with Crippen molar-refractivity contribution in [1.29, 1.82) is 0 Å². The number of hydrogen-bond donors (Lipinski definition) is 1. The van der Waals surface area contributed by atoms with Crippen LogP contribution in [-0.2, 0) is 9.59 Å². The molecular formula is C10H9NO2. The monoisotopic (exact) mass is 175 g/mol. The first-order valence-electron chi connectivity index (χ1n) is 4.14. The zero-order valence-corrected chi connectivity index (χ0v) is 6.99. The first-order chi connectivity index (χ1) is 6.27. The molecule has 1 saturated heterocycles. The predicted molar refractivity (Wildman–Crippen MR) is 46.9 cm³/mol. The van der Waals surface area contributed by atoms with Crippen molar-refractivity contribution in [2.24, 2.45) is 0 Å². The zero-order chi connectivity index (χ0) is 9.26. The smallest absolute Gasteiger partial charge is 0.228 e. The largest absolute Gasteiger partial charge is 0.342 e. The van der Waals surface area contributed by atoms with Gasteiger partial charge in [0.05, 0.1) is 6.42 Å². The second-order valence-electron chi connectivity index (χ2n) is 3.05. The molecule has 0 radical (unpaired) electrons. The van der Waals surface area contributed by atoms with Crippen molar-refractivity contribution in [3.8, 4) is 0 Å². The van der Waals surface area contributed by atoms with Crippen molar-refractivity contribution in [3.63, 3.8) is 0 Å². The Morgan fingerprint density at radius 2 is 1.85 bits per heavy atom. The van der Waals surface area contributed by atoms with Gasteiger partial charge in [-0.15, -0.1) is 0 Å². The van der Waals surface area contributed by atoms with Gasteiger partial charge in [-0.3, -0.25) is 9.59 Å². The standard InChI is InChI=1S/C10H9NO2/c12-8-6-9(13)11-10(8)7-4-2-1-3-5-7/h1-5,10H,6H2,(H,11,13)/t10-/m0/s1. The molecule has 0 bridgehead atoms. The van der Waals surface area contributed by atoms with E-state index in [9.17, 15) is 9.59 Å². The number of amides is 1. The molecule has 1 atom stereocenters. The lowest BCUT2D eigenvalue weighted by atomic mass is 10.0. The average Bonchev–Trinajstić information content (AvgIpc) is 2.47. The van der Waals surface area contributed by atoms with Gasteiger partial charge in [0.15, 0.2) is 5.78 Å². The van der Waals surface area contributed by atoms with Crippen molar-refractivity contribution in [3.05, 3.63) is 35.9 Å². The van der Waals surface area contributed by atoms with Crippen LogP contribution in [0, 0.1) is 0 Å². The van der Waals surface area contributed by atoms with E-state index in [0.29, 0.717) is 0 Å². The molecule has 0 saturated carbocycles. The molecule has 1 heterocycles. The molecule has 2 rings (SSSR count). The lowest BCUT2D eigenvalue weighted by molar-refractivity contribution is -0.122. The van der Waals surface area contributed by atoms with Crippen LogP contribution >= 0.6 is 0 Å². The van der Waals surface area contributed by atoms with E-state index in [1.54, 1.807) is 0 Å². The van der Waals surface area contributed by atoms with Crippen LogP contribution in [0.25, 0.3) is 0 Å². The van der Waals surface area contributed by atoms with Crippen LogP contribution < -0.4 is 5.32 Å². The minimum absolute atomic E-state index is 0.0135. The minimum Gasteiger partial charge on any atom is -0.342 e. The van der Waals surface area contributed by atoms with Crippen molar-refractivity contribution < 1.29 is 9.59 Å². The molecular weight excluding hydrogens is 166 g/mol. The van der Waals surface area contributed by atoms with Crippen molar-refractivity contribution in [2.45, 2.75) is 12.5 Å². The van der Waals surface area contributed by atoms with Gasteiger partial charge in [-0.1, -0.05) is 30.3 Å². The summed E-state index contributed by atoms with van der Waals surface area (Å²) in [6.07, 6.45) is 0.0135. The molecule has 1 aromatic rings. The summed E-state index contributed by atoms with van der Waals surface area (Å²) in [7, 11) is 0. The maximum absolute atomic E-state index is 11.3. The van der Waals surface area contributed by atoms with Gasteiger partial charge in [0, 0.05) is 0 Å². The van der Waals surface area contributed by atoms with E-state index in [2.05, 4.69) is 5.32 Å². The lowest BCUT2D eigenvalue weighted by Crippen LogP contribution is -2.20. The highest BCUT2D eigenvalue weighted by Crippen LogP contribution is 2.19. The van der Waals surface area contributed by atoms with E-state index >= 15 is 0 Å². The number of carbonyl (C=O) groups excluding carboxylic acids is 2. The Kier molecular flexibility index (Phi) is 1.85. The van der Waals surface area contributed by atoms with E-state index in [1.807, 2.05) is 30.3 Å². The van der Waals surface area contributed by atoms with Gasteiger partial charge in [0.2, 0.25) is 5.91 Å². The molecule has 1 fully saturated rings. The summed E-state index contributed by atoms with van der Waals surface area (Å²) < 4.78 is 0. The molecule has 0 spiro atoms. The van der Waals surface area contributed by atoms with Crippen LogP contribution in [0.15, 0.2) is 30.3 Å². The fourth-order valence-electron chi connectivity index (χ4n) is 1.47. The molecule has 66 valence electrons. The number of ketones is 1. The maximum atomic E-state index is 11.3. The fraction of sp³-hybridized carbons (Fsp3) is 0.200. The zero-order valence-electron chi connectivity index (χ0n) is 6.99. The highest BCUT2D eigenvalue weighted by atomic mass is 16.2. The number of Topliss-reactive ketones (excluding diaryl/α,β-unsaturated/α-hetero) is 1. The molecule has 1 N–H and O–H groups in total. The lowest BCUT2D eigenvalue weighted by Gasteiger charge is -2.07. The number of nitrogens with one attached hydrogen (secondary N) is 1. The highest BCUT2D eigenvalue weighted by molar-refractivity contribution is 6.07. The molecule has 3 nitrogen and oxygen atoms in total.